The van der Waals surface area contributed by atoms with Gasteiger partial charge in [-0.05, 0) is 43.4 Å². The van der Waals surface area contributed by atoms with Crippen LogP contribution in [0, 0.1) is 6.92 Å². The molecule has 0 spiro atoms. The van der Waals surface area contributed by atoms with Crippen LogP contribution in [0.15, 0.2) is 11.6 Å². The minimum Gasteiger partial charge on any atom is -0.493 e. The van der Waals surface area contributed by atoms with Crippen LogP contribution in [0.4, 0.5) is 0 Å². The highest BCUT2D eigenvalue weighted by molar-refractivity contribution is 7.51. The van der Waals surface area contributed by atoms with E-state index in [4.69, 9.17) is 19.3 Å². The van der Waals surface area contributed by atoms with Crippen LogP contribution in [0.5, 0.6) is 5.75 Å². The largest absolute Gasteiger partial charge is 0.493 e. The zero-order valence-electron chi connectivity index (χ0n) is 20.9. The van der Waals surface area contributed by atoms with Gasteiger partial charge in [0.25, 0.3) is 0 Å². The minimum atomic E-state index is -4.00. The van der Waals surface area contributed by atoms with Gasteiger partial charge in [-0.3, -0.25) is 4.57 Å². The summed E-state index contributed by atoms with van der Waals surface area (Å²) in [7, 11) is -5.29. The third kappa shape index (κ3) is 8.07. The number of cyclic esters (lactones) is 1. The van der Waals surface area contributed by atoms with E-state index >= 15 is 0 Å². The first-order chi connectivity index (χ1) is 15.4. The Balaban J connectivity index is 2.34. The van der Waals surface area contributed by atoms with Crippen molar-refractivity contribution in [2.45, 2.75) is 72.3 Å². The van der Waals surface area contributed by atoms with Crippen molar-refractivity contribution < 1.29 is 28.6 Å². The number of fused-ring (bicyclic) bond motifs is 1. The summed E-state index contributed by atoms with van der Waals surface area (Å²) in [5.74, 6) is 0.369. The third-order valence-electron chi connectivity index (χ3n) is 6.06. The molecule has 0 fully saturated rings. The van der Waals surface area contributed by atoms with E-state index in [1.807, 2.05) is 0 Å². The molecule has 1 aromatic carbocycles. The highest BCUT2D eigenvalue weighted by Crippen LogP contribution is 2.39. The van der Waals surface area contributed by atoms with Crippen molar-refractivity contribution in [2.75, 3.05) is 25.9 Å². The molecule has 2 rings (SSSR count). The lowest BCUT2D eigenvalue weighted by molar-refractivity contribution is 0.0532. The highest BCUT2D eigenvalue weighted by atomic mass is 31.2. The molecule has 0 saturated heterocycles. The van der Waals surface area contributed by atoms with Crippen LogP contribution >= 0.6 is 7.60 Å². The van der Waals surface area contributed by atoms with Gasteiger partial charge in [0.1, 0.15) is 17.9 Å². The SMILES string of the molecule is CCC(=CCc1c(CC)c(C)c2c(c1OCC[Si](C)(C)C)C(=O)OC2)CNCCP(=O)(O)O. The molecule has 0 bridgehead atoms. The van der Waals surface area contributed by atoms with E-state index in [0.717, 1.165) is 41.1 Å². The third-order valence-corrected chi connectivity index (χ3v) is 8.57. The van der Waals surface area contributed by atoms with Crippen LogP contribution in [0.1, 0.15) is 52.9 Å². The van der Waals surface area contributed by atoms with Gasteiger partial charge in [0.05, 0.1) is 12.8 Å². The average Bonchev–Trinajstić information content (AvgIpc) is 3.09. The van der Waals surface area contributed by atoms with E-state index in [-0.39, 0.29) is 18.7 Å². The second-order valence-corrected chi connectivity index (χ2v) is 17.2. The average molecular weight is 498 g/mol. The lowest BCUT2D eigenvalue weighted by Crippen LogP contribution is -2.23. The van der Waals surface area contributed by atoms with Gasteiger partial charge in [0, 0.05) is 32.3 Å². The van der Waals surface area contributed by atoms with E-state index in [2.05, 4.69) is 51.8 Å². The molecule has 33 heavy (non-hydrogen) atoms. The molecule has 1 aliphatic rings. The van der Waals surface area contributed by atoms with Crippen LogP contribution in [0.25, 0.3) is 0 Å². The molecule has 0 aliphatic carbocycles. The fraction of sp³-hybridized carbons (Fsp3) is 0.625. The number of carbonyl (C=O) groups excluding carboxylic acids is 1. The number of ether oxygens (including phenoxy) is 2. The Morgan fingerprint density at radius 3 is 2.52 bits per heavy atom. The van der Waals surface area contributed by atoms with Gasteiger partial charge >= 0.3 is 13.6 Å². The van der Waals surface area contributed by atoms with Gasteiger partial charge < -0.3 is 24.6 Å². The molecule has 1 aliphatic heterocycles. The molecule has 186 valence electrons. The van der Waals surface area contributed by atoms with E-state index < -0.39 is 15.7 Å². The van der Waals surface area contributed by atoms with Crippen molar-refractivity contribution in [3.63, 3.8) is 0 Å². The molecule has 0 atom stereocenters. The molecule has 0 radical (unpaired) electrons. The van der Waals surface area contributed by atoms with E-state index in [1.165, 1.54) is 5.56 Å². The van der Waals surface area contributed by atoms with Crippen molar-refractivity contribution in [1.82, 2.24) is 5.32 Å². The van der Waals surface area contributed by atoms with Crippen LogP contribution in [-0.4, -0.2) is 49.7 Å². The summed E-state index contributed by atoms with van der Waals surface area (Å²) in [4.78, 5) is 30.7. The van der Waals surface area contributed by atoms with Gasteiger partial charge in [-0.15, -0.1) is 0 Å². The quantitative estimate of drug-likeness (QED) is 0.120. The molecule has 9 heteroatoms. The summed E-state index contributed by atoms with van der Waals surface area (Å²) >= 11 is 0. The molecular formula is C24H40NO6PSi. The Morgan fingerprint density at radius 2 is 1.94 bits per heavy atom. The van der Waals surface area contributed by atoms with Crippen LogP contribution in [-0.2, 0) is 28.8 Å². The Bertz CT molecular complexity index is 932. The van der Waals surface area contributed by atoms with E-state index in [0.29, 0.717) is 37.5 Å². The summed E-state index contributed by atoms with van der Waals surface area (Å²) in [5, 5.41) is 3.12. The molecule has 0 saturated carbocycles. The number of benzene rings is 1. The van der Waals surface area contributed by atoms with Crippen molar-refractivity contribution in [1.29, 1.82) is 0 Å². The molecule has 7 nitrogen and oxygen atoms in total. The number of nitrogens with one attached hydrogen (secondary N) is 1. The van der Waals surface area contributed by atoms with E-state index in [9.17, 15) is 9.36 Å². The van der Waals surface area contributed by atoms with Crippen LogP contribution in [0.2, 0.25) is 25.7 Å². The Kier molecular flexibility index (Phi) is 9.94. The topological polar surface area (TPSA) is 105 Å². The summed E-state index contributed by atoms with van der Waals surface area (Å²) in [6.45, 7) is 14.9. The molecule has 3 N–H and O–H groups in total. The Labute approximate surface area is 199 Å². The Hall–Kier alpha value is -1.44. The molecular weight excluding hydrogens is 457 g/mol. The zero-order chi connectivity index (χ0) is 24.8. The van der Waals surface area contributed by atoms with Gasteiger partial charge in [-0.1, -0.05) is 45.1 Å². The van der Waals surface area contributed by atoms with Crippen molar-refractivity contribution >= 4 is 21.6 Å². The highest BCUT2D eigenvalue weighted by Gasteiger charge is 2.32. The monoisotopic (exact) mass is 497 g/mol. The van der Waals surface area contributed by atoms with Crippen molar-refractivity contribution in [2.24, 2.45) is 0 Å². The first-order valence-electron chi connectivity index (χ1n) is 11.8. The second kappa shape index (κ2) is 11.8. The molecule has 0 amide bonds. The smallest absolute Gasteiger partial charge is 0.342 e. The summed E-state index contributed by atoms with van der Waals surface area (Å²) in [5.41, 5.74) is 6.04. The summed E-state index contributed by atoms with van der Waals surface area (Å²) in [6.07, 6.45) is 4.27. The lowest BCUT2D eigenvalue weighted by atomic mass is 9.89. The standard InChI is InChI=1S/C24H40NO6PSi/c1-7-18(15-25-11-13-32(27,28)29)9-10-20-19(8-2)17(3)21-16-31-24(26)22(21)23(20)30-12-14-33(4,5)6/h9,25H,7-8,10-16H2,1-6H3,(H2,27,28,29). The number of allylic oxidation sites excluding steroid dienone is 1. The maximum atomic E-state index is 12.6. The van der Waals surface area contributed by atoms with Crippen molar-refractivity contribution in [3.8, 4) is 5.75 Å². The summed E-state index contributed by atoms with van der Waals surface area (Å²) in [6, 6.07) is 1.01. The number of hydrogen-bond acceptors (Lipinski definition) is 5. The number of rotatable bonds is 13. The molecule has 0 aromatic heterocycles. The maximum absolute atomic E-state index is 12.6. The molecule has 0 unspecified atom stereocenters. The van der Waals surface area contributed by atoms with Gasteiger partial charge in [-0.2, -0.15) is 0 Å². The first-order valence-corrected chi connectivity index (χ1v) is 17.3. The maximum Gasteiger partial charge on any atom is 0.342 e. The van der Waals surface area contributed by atoms with E-state index in [1.54, 1.807) is 0 Å². The minimum absolute atomic E-state index is 0.175. The zero-order valence-corrected chi connectivity index (χ0v) is 22.8. The summed E-state index contributed by atoms with van der Waals surface area (Å²) < 4.78 is 22.8. The fourth-order valence-corrected chi connectivity index (χ4v) is 5.17. The number of hydrogen-bond donors (Lipinski definition) is 3. The Morgan fingerprint density at radius 1 is 1.24 bits per heavy atom. The van der Waals surface area contributed by atoms with Gasteiger partial charge in [0.15, 0.2) is 0 Å². The predicted molar refractivity (Wildman–Crippen MR) is 135 cm³/mol. The lowest BCUT2D eigenvalue weighted by Gasteiger charge is -2.22. The predicted octanol–water partition coefficient (Wildman–Crippen LogP) is 4.59. The van der Waals surface area contributed by atoms with Crippen molar-refractivity contribution in [3.05, 3.63) is 39.5 Å². The normalized spacial score (nSPS) is 14.4. The first kappa shape index (κ1) is 27.8. The van der Waals surface area contributed by atoms with Gasteiger partial charge in [-0.25, -0.2) is 4.79 Å². The molecule has 1 heterocycles. The molecule has 1 aromatic rings. The van der Waals surface area contributed by atoms with Gasteiger partial charge in [0.2, 0.25) is 0 Å². The van der Waals surface area contributed by atoms with Crippen LogP contribution < -0.4 is 10.1 Å². The fourth-order valence-electron chi connectivity index (χ4n) is 4.00. The number of carbonyl (C=O) groups is 1. The van der Waals surface area contributed by atoms with Crippen LogP contribution in [0.3, 0.4) is 0 Å². The second-order valence-electron chi connectivity index (χ2n) is 9.84. The number of esters is 1.